The van der Waals surface area contributed by atoms with E-state index in [0.717, 1.165) is 10.7 Å². The molecule has 146 valence electrons. The second-order valence-corrected chi connectivity index (χ2v) is 6.23. The molecule has 0 saturated carbocycles. The van der Waals surface area contributed by atoms with Crippen LogP contribution in [-0.2, 0) is 13.1 Å². The zero-order chi connectivity index (χ0) is 18.4. The number of imidazole rings is 1. The fourth-order valence-electron chi connectivity index (χ4n) is 2.39. The van der Waals surface area contributed by atoms with E-state index in [4.69, 9.17) is 0 Å². The third-order valence-corrected chi connectivity index (χ3v) is 4.29. The van der Waals surface area contributed by atoms with E-state index in [1.54, 1.807) is 29.5 Å². The first-order chi connectivity index (χ1) is 12.7. The number of para-hydroxylation sites is 1. The van der Waals surface area contributed by atoms with Gasteiger partial charge in [-0.3, -0.25) is 4.40 Å². The van der Waals surface area contributed by atoms with Gasteiger partial charge in [0.15, 0.2) is 10.9 Å². The predicted octanol–water partition coefficient (Wildman–Crippen LogP) is 3.87. The Balaban J connectivity index is 0.00000261. The number of aliphatic imine (C=N–C) groups is 1. The molecule has 27 heavy (non-hydrogen) atoms. The average Bonchev–Trinajstić information content (AvgIpc) is 3.19. The lowest BCUT2D eigenvalue weighted by molar-refractivity contribution is -0.0504. The Bertz CT molecular complexity index is 854. The number of benzene rings is 1. The largest absolute Gasteiger partial charge is 0.434 e. The van der Waals surface area contributed by atoms with Crippen LogP contribution in [0.15, 0.2) is 47.0 Å². The van der Waals surface area contributed by atoms with Gasteiger partial charge in [-0.1, -0.05) is 18.2 Å². The Kier molecular flexibility index (Phi) is 8.23. The first-order valence-electron chi connectivity index (χ1n) is 8.11. The number of nitrogens with one attached hydrogen (secondary N) is 2. The molecule has 0 fully saturated rings. The highest BCUT2D eigenvalue weighted by molar-refractivity contribution is 14.0. The van der Waals surface area contributed by atoms with E-state index in [-0.39, 0.29) is 36.3 Å². The number of ether oxygens (including phenoxy) is 1. The summed E-state index contributed by atoms with van der Waals surface area (Å²) in [4.78, 5) is 9.88. The summed E-state index contributed by atoms with van der Waals surface area (Å²) in [5, 5.41) is 8.30. The molecule has 6 nitrogen and oxygen atoms in total. The third-order valence-electron chi connectivity index (χ3n) is 3.52. The van der Waals surface area contributed by atoms with Crippen LogP contribution in [0.1, 0.15) is 18.2 Å². The highest BCUT2D eigenvalue weighted by Crippen LogP contribution is 2.21. The quantitative estimate of drug-likeness (QED) is 0.290. The molecule has 0 saturated heterocycles. The summed E-state index contributed by atoms with van der Waals surface area (Å²) in [6, 6.07) is 6.64. The number of nitrogens with zero attached hydrogens (tertiary/aromatic N) is 3. The lowest BCUT2D eigenvalue weighted by atomic mass is 10.2. The third kappa shape index (κ3) is 6.03. The molecular weight excluding hydrogens is 487 g/mol. The number of aromatic nitrogens is 2. The molecule has 0 spiro atoms. The molecule has 10 heteroatoms. The number of hydrogen-bond donors (Lipinski definition) is 2. The number of thiazole rings is 1. The molecule has 0 radical (unpaired) electrons. The number of alkyl halides is 2. The van der Waals surface area contributed by atoms with Gasteiger partial charge in [0.25, 0.3) is 0 Å². The van der Waals surface area contributed by atoms with Crippen LogP contribution >= 0.6 is 35.3 Å². The van der Waals surface area contributed by atoms with Crippen molar-refractivity contribution in [3.05, 3.63) is 53.3 Å². The molecule has 0 aliphatic rings. The lowest BCUT2D eigenvalue weighted by Gasteiger charge is -2.12. The number of fused-ring (bicyclic) bond motifs is 1. The molecule has 0 bridgehead atoms. The second kappa shape index (κ2) is 10.4. The van der Waals surface area contributed by atoms with Crippen molar-refractivity contribution < 1.29 is 13.5 Å². The molecule has 3 aromatic rings. The van der Waals surface area contributed by atoms with E-state index in [0.29, 0.717) is 24.6 Å². The molecular formula is C17H20F2IN5OS. The summed E-state index contributed by atoms with van der Waals surface area (Å²) >= 11 is 1.57. The van der Waals surface area contributed by atoms with Crippen molar-refractivity contribution >= 4 is 46.2 Å². The van der Waals surface area contributed by atoms with Gasteiger partial charge in [0, 0.05) is 29.9 Å². The monoisotopic (exact) mass is 507 g/mol. The molecule has 0 amide bonds. The van der Waals surface area contributed by atoms with Crippen LogP contribution in [0.2, 0.25) is 0 Å². The van der Waals surface area contributed by atoms with Gasteiger partial charge in [0.1, 0.15) is 5.75 Å². The van der Waals surface area contributed by atoms with Crippen molar-refractivity contribution in [2.45, 2.75) is 26.6 Å². The minimum Gasteiger partial charge on any atom is -0.434 e. The lowest BCUT2D eigenvalue weighted by Crippen LogP contribution is -2.36. The van der Waals surface area contributed by atoms with Crippen molar-refractivity contribution in [1.82, 2.24) is 20.0 Å². The number of hydrogen-bond acceptors (Lipinski definition) is 4. The van der Waals surface area contributed by atoms with Gasteiger partial charge in [-0.25, -0.2) is 9.98 Å². The Labute approximate surface area is 176 Å². The minimum absolute atomic E-state index is 0. The van der Waals surface area contributed by atoms with Crippen molar-refractivity contribution in [3.63, 3.8) is 0 Å². The number of halogens is 3. The van der Waals surface area contributed by atoms with Gasteiger partial charge in [0.05, 0.1) is 18.8 Å². The topological polar surface area (TPSA) is 63.0 Å². The fourth-order valence-corrected chi connectivity index (χ4v) is 3.11. The summed E-state index contributed by atoms with van der Waals surface area (Å²) < 4.78 is 31.5. The molecule has 0 aliphatic heterocycles. The minimum atomic E-state index is -2.86. The molecule has 0 unspecified atom stereocenters. The zero-order valence-corrected chi connectivity index (χ0v) is 17.7. The van der Waals surface area contributed by atoms with Gasteiger partial charge in [-0.05, 0) is 13.0 Å². The van der Waals surface area contributed by atoms with Crippen LogP contribution in [0.3, 0.4) is 0 Å². The number of rotatable bonds is 7. The summed E-state index contributed by atoms with van der Waals surface area (Å²) in [6.45, 7) is 0.504. The Hall–Kier alpha value is -1.95. The molecule has 1 aromatic carbocycles. The van der Waals surface area contributed by atoms with E-state index in [2.05, 4.69) is 25.3 Å². The van der Waals surface area contributed by atoms with Crippen LogP contribution in [0, 0.1) is 0 Å². The summed E-state index contributed by atoms with van der Waals surface area (Å²) in [5.41, 5.74) is 1.48. The van der Waals surface area contributed by atoms with Gasteiger partial charge in [-0.15, -0.1) is 35.3 Å². The summed E-state index contributed by atoms with van der Waals surface area (Å²) in [6.07, 6.45) is 3.91. The second-order valence-electron chi connectivity index (χ2n) is 5.36. The maximum absolute atomic E-state index is 12.5. The van der Waals surface area contributed by atoms with Crippen molar-refractivity contribution in [1.29, 1.82) is 0 Å². The van der Waals surface area contributed by atoms with Gasteiger partial charge in [-0.2, -0.15) is 8.78 Å². The first kappa shape index (κ1) is 21.4. The average molecular weight is 507 g/mol. The SMILES string of the molecule is CCNC(=NCc1ccccc1OC(F)F)NCc1cn2ccsc2n1.I. The maximum Gasteiger partial charge on any atom is 0.387 e. The van der Waals surface area contributed by atoms with Crippen LogP contribution in [0.4, 0.5) is 8.78 Å². The van der Waals surface area contributed by atoms with Crippen molar-refractivity contribution in [2.75, 3.05) is 6.54 Å². The summed E-state index contributed by atoms with van der Waals surface area (Å²) in [5.74, 6) is 0.715. The fraction of sp³-hybridized carbons (Fsp3) is 0.294. The van der Waals surface area contributed by atoms with Crippen LogP contribution in [-0.4, -0.2) is 28.5 Å². The molecule has 3 rings (SSSR count). The van der Waals surface area contributed by atoms with Gasteiger partial charge >= 0.3 is 6.61 Å². The highest BCUT2D eigenvalue weighted by atomic mass is 127. The zero-order valence-electron chi connectivity index (χ0n) is 14.6. The molecule has 0 aliphatic carbocycles. The van der Waals surface area contributed by atoms with Crippen LogP contribution in [0.25, 0.3) is 4.96 Å². The standard InChI is InChI=1S/C17H19F2N5OS.HI/c1-2-20-16(22-10-13-11-24-7-8-26-17(24)23-13)21-9-12-5-3-4-6-14(12)25-15(18)19;/h3-8,11,15H,2,9-10H2,1H3,(H2,20,21,22);1H. The number of guanidine groups is 1. The maximum atomic E-state index is 12.5. The van der Waals surface area contributed by atoms with Crippen LogP contribution in [0.5, 0.6) is 5.75 Å². The normalized spacial score (nSPS) is 11.5. The Morgan fingerprint density at radius 2 is 2.15 bits per heavy atom. The molecule has 2 heterocycles. The summed E-state index contributed by atoms with van der Waals surface area (Å²) in [7, 11) is 0. The van der Waals surface area contributed by atoms with E-state index in [1.165, 1.54) is 6.07 Å². The van der Waals surface area contributed by atoms with Crippen molar-refractivity contribution in [2.24, 2.45) is 4.99 Å². The smallest absolute Gasteiger partial charge is 0.387 e. The Morgan fingerprint density at radius 3 is 2.89 bits per heavy atom. The van der Waals surface area contributed by atoms with Gasteiger partial charge < -0.3 is 15.4 Å². The van der Waals surface area contributed by atoms with Gasteiger partial charge in [0.2, 0.25) is 0 Å². The van der Waals surface area contributed by atoms with Crippen LogP contribution < -0.4 is 15.4 Å². The van der Waals surface area contributed by atoms with E-state index in [1.807, 2.05) is 29.1 Å². The first-order valence-corrected chi connectivity index (χ1v) is 8.99. The molecule has 2 N–H and O–H groups in total. The predicted molar refractivity (Wildman–Crippen MR) is 113 cm³/mol. The molecule has 2 aromatic heterocycles. The van der Waals surface area contributed by atoms with E-state index in [9.17, 15) is 8.78 Å². The molecule has 0 atom stereocenters. The van der Waals surface area contributed by atoms with E-state index < -0.39 is 6.61 Å². The Morgan fingerprint density at radius 1 is 1.33 bits per heavy atom. The highest BCUT2D eigenvalue weighted by Gasteiger charge is 2.09. The van der Waals surface area contributed by atoms with E-state index >= 15 is 0 Å². The van der Waals surface area contributed by atoms with Crippen molar-refractivity contribution in [3.8, 4) is 5.75 Å².